The third kappa shape index (κ3) is 3.48. The van der Waals surface area contributed by atoms with Crippen LogP contribution in [0.3, 0.4) is 0 Å². The van der Waals surface area contributed by atoms with Crippen LogP contribution in [-0.2, 0) is 6.54 Å². The molecule has 20 heavy (non-hydrogen) atoms. The van der Waals surface area contributed by atoms with Crippen LogP contribution in [0.15, 0.2) is 39.4 Å². The van der Waals surface area contributed by atoms with E-state index in [0.717, 1.165) is 34.7 Å². The van der Waals surface area contributed by atoms with E-state index in [1.165, 1.54) is 0 Å². The van der Waals surface area contributed by atoms with Crippen molar-refractivity contribution in [2.75, 3.05) is 13.1 Å². The molecule has 0 saturated heterocycles. The standard InChI is InChI=1S/C15H20BrN3O/c1-3-19(10-12-6-4-5-11(2)18-12)14(9-17)15-13(16)7-8-20-15/h4-8,14H,3,9-10,17H2,1-2H3. The summed E-state index contributed by atoms with van der Waals surface area (Å²) in [5.41, 5.74) is 8.03. The summed E-state index contributed by atoms with van der Waals surface area (Å²) in [6.07, 6.45) is 1.68. The zero-order valence-corrected chi connectivity index (χ0v) is 13.4. The maximum absolute atomic E-state index is 5.95. The fourth-order valence-electron chi connectivity index (χ4n) is 2.30. The lowest BCUT2D eigenvalue weighted by molar-refractivity contribution is 0.177. The second-order valence-corrected chi connectivity index (χ2v) is 5.57. The number of nitrogens with two attached hydrogens (primary N) is 1. The molecule has 0 fully saturated rings. The Hall–Kier alpha value is -1.17. The number of aromatic nitrogens is 1. The first-order valence-corrected chi connectivity index (χ1v) is 7.54. The highest BCUT2D eigenvalue weighted by atomic mass is 79.9. The highest BCUT2D eigenvalue weighted by Gasteiger charge is 2.23. The first-order chi connectivity index (χ1) is 9.65. The fraction of sp³-hybridized carbons (Fsp3) is 0.400. The maximum Gasteiger partial charge on any atom is 0.136 e. The van der Waals surface area contributed by atoms with E-state index in [4.69, 9.17) is 10.2 Å². The van der Waals surface area contributed by atoms with Crippen LogP contribution in [0.5, 0.6) is 0 Å². The normalized spacial score (nSPS) is 12.8. The number of furan rings is 1. The lowest BCUT2D eigenvalue weighted by atomic mass is 10.1. The Kier molecular flexibility index (Phi) is 5.34. The van der Waals surface area contributed by atoms with Crippen LogP contribution >= 0.6 is 15.9 Å². The molecule has 0 aliphatic rings. The summed E-state index contributed by atoms with van der Waals surface area (Å²) < 4.78 is 6.53. The van der Waals surface area contributed by atoms with Gasteiger partial charge in [-0.05, 0) is 47.6 Å². The quantitative estimate of drug-likeness (QED) is 0.878. The number of hydrogen-bond donors (Lipinski definition) is 1. The Morgan fingerprint density at radius 1 is 1.40 bits per heavy atom. The molecule has 108 valence electrons. The van der Waals surface area contributed by atoms with Crippen LogP contribution in [0.2, 0.25) is 0 Å². The van der Waals surface area contributed by atoms with Crippen molar-refractivity contribution in [2.24, 2.45) is 5.73 Å². The highest BCUT2D eigenvalue weighted by Crippen LogP contribution is 2.29. The molecule has 2 rings (SSSR count). The minimum Gasteiger partial charge on any atom is -0.466 e. The van der Waals surface area contributed by atoms with Gasteiger partial charge in [0.2, 0.25) is 0 Å². The van der Waals surface area contributed by atoms with E-state index < -0.39 is 0 Å². The second-order valence-electron chi connectivity index (χ2n) is 4.72. The molecule has 0 bridgehead atoms. The lowest BCUT2D eigenvalue weighted by Gasteiger charge is -2.28. The molecule has 5 heteroatoms. The number of hydrogen-bond acceptors (Lipinski definition) is 4. The summed E-state index contributed by atoms with van der Waals surface area (Å²) >= 11 is 3.51. The van der Waals surface area contributed by atoms with Gasteiger partial charge in [0, 0.05) is 18.8 Å². The predicted octanol–water partition coefficient (Wildman–Crippen LogP) is 3.27. The van der Waals surface area contributed by atoms with Crippen LogP contribution < -0.4 is 5.73 Å². The van der Waals surface area contributed by atoms with Gasteiger partial charge in [-0.25, -0.2) is 0 Å². The van der Waals surface area contributed by atoms with E-state index in [-0.39, 0.29) is 6.04 Å². The van der Waals surface area contributed by atoms with Crippen LogP contribution in [0.1, 0.15) is 30.1 Å². The van der Waals surface area contributed by atoms with Crippen molar-refractivity contribution in [3.05, 3.63) is 52.1 Å². The van der Waals surface area contributed by atoms with Gasteiger partial charge in [-0.15, -0.1) is 0 Å². The molecular weight excluding hydrogens is 318 g/mol. The zero-order chi connectivity index (χ0) is 14.5. The van der Waals surface area contributed by atoms with Gasteiger partial charge in [0.15, 0.2) is 0 Å². The Bertz CT molecular complexity index is 556. The summed E-state index contributed by atoms with van der Waals surface area (Å²) in [6.45, 7) is 6.27. The number of pyridine rings is 1. The molecule has 2 aromatic heterocycles. The van der Waals surface area contributed by atoms with E-state index in [1.807, 2.05) is 31.2 Å². The third-order valence-corrected chi connectivity index (χ3v) is 3.98. The number of aryl methyl sites for hydroxylation is 1. The van der Waals surface area contributed by atoms with Crippen LogP contribution in [0, 0.1) is 6.92 Å². The zero-order valence-electron chi connectivity index (χ0n) is 11.8. The molecule has 0 spiro atoms. The number of rotatable bonds is 6. The van der Waals surface area contributed by atoms with Gasteiger partial charge >= 0.3 is 0 Å². The first-order valence-electron chi connectivity index (χ1n) is 6.75. The van der Waals surface area contributed by atoms with Gasteiger partial charge in [-0.2, -0.15) is 0 Å². The molecule has 4 nitrogen and oxygen atoms in total. The maximum atomic E-state index is 5.95. The number of halogens is 1. The molecule has 2 heterocycles. The molecule has 0 saturated carbocycles. The summed E-state index contributed by atoms with van der Waals surface area (Å²) in [5, 5.41) is 0. The summed E-state index contributed by atoms with van der Waals surface area (Å²) in [6, 6.07) is 8.03. The summed E-state index contributed by atoms with van der Waals surface area (Å²) in [4.78, 5) is 6.83. The van der Waals surface area contributed by atoms with E-state index in [0.29, 0.717) is 6.54 Å². The fourth-order valence-corrected chi connectivity index (χ4v) is 2.77. The summed E-state index contributed by atoms with van der Waals surface area (Å²) in [7, 11) is 0. The van der Waals surface area contributed by atoms with E-state index in [2.05, 4.69) is 32.7 Å². The largest absolute Gasteiger partial charge is 0.466 e. The van der Waals surface area contributed by atoms with Gasteiger partial charge < -0.3 is 10.2 Å². The average Bonchev–Trinajstić information content (AvgIpc) is 2.85. The van der Waals surface area contributed by atoms with Crippen molar-refractivity contribution in [2.45, 2.75) is 26.4 Å². The van der Waals surface area contributed by atoms with Gasteiger partial charge in [0.1, 0.15) is 5.76 Å². The van der Waals surface area contributed by atoms with Crippen LogP contribution in [0.25, 0.3) is 0 Å². The molecule has 2 N–H and O–H groups in total. The number of likely N-dealkylation sites (N-methyl/N-ethyl adjacent to an activating group) is 1. The van der Waals surface area contributed by atoms with Gasteiger partial charge in [0.25, 0.3) is 0 Å². The van der Waals surface area contributed by atoms with Crippen molar-refractivity contribution in [1.82, 2.24) is 9.88 Å². The van der Waals surface area contributed by atoms with Crippen molar-refractivity contribution in [3.63, 3.8) is 0 Å². The first kappa shape index (κ1) is 15.2. The molecule has 0 aromatic carbocycles. The Balaban J connectivity index is 2.20. The predicted molar refractivity (Wildman–Crippen MR) is 83.3 cm³/mol. The second kappa shape index (κ2) is 7.02. The van der Waals surface area contributed by atoms with Crippen molar-refractivity contribution < 1.29 is 4.42 Å². The van der Waals surface area contributed by atoms with Gasteiger partial charge in [0.05, 0.1) is 22.5 Å². The van der Waals surface area contributed by atoms with Crippen LogP contribution in [0.4, 0.5) is 0 Å². The third-order valence-electron chi connectivity index (χ3n) is 3.33. The van der Waals surface area contributed by atoms with Gasteiger partial charge in [-0.3, -0.25) is 9.88 Å². The average molecular weight is 338 g/mol. The summed E-state index contributed by atoms with van der Waals surface area (Å²) in [5.74, 6) is 0.877. The van der Waals surface area contributed by atoms with Crippen molar-refractivity contribution in [1.29, 1.82) is 0 Å². The Morgan fingerprint density at radius 3 is 2.75 bits per heavy atom. The monoisotopic (exact) mass is 337 g/mol. The molecule has 2 aromatic rings. The minimum absolute atomic E-state index is 0.0479. The van der Waals surface area contributed by atoms with Crippen molar-refractivity contribution >= 4 is 15.9 Å². The van der Waals surface area contributed by atoms with Crippen molar-refractivity contribution in [3.8, 4) is 0 Å². The number of nitrogens with zero attached hydrogens (tertiary/aromatic N) is 2. The highest BCUT2D eigenvalue weighted by molar-refractivity contribution is 9.10. The van der Waals surface area contributed by atoms with Crippen LogP contribution in [-0.4, -0.2) is 23.0 Å². The SMILES string of the molecule is CCN(Cc1cccc(C)n1)C(CN)c1occc1Br. The van der Waals surface area contributed by atoms with Gasteiger partial charge in [-0.1, -0.05) is 13.0 Å². The lowest BCUT2D eigenvalue weighted by Crippen LogP contribution is -2.33. The topological polar surface area (TPSA) is 55.3 Å². The molecular formula is C15H20BrN3O. The molecule has 1 atom stereocenters. The van der Waals surface area contributed by atoms with E-state index in [9.17, 15) is 0 Å². The Morgan fingerprint density at radius 2 is 2.20 bits per heavy atom. The Labute approximate surface area is 128 Å². The smallest absolute Gasteiger partial charge is 0.136 e. The molecule has 0 amide bonds. The van der Waals surface area contributed by atoms with E-state index >= 15 is 0 Å². The molecule has 1 unspecified atom stereocenters. The molecule has 0 aliphatic heterocycles. The molecule has 0 aliphatic carbocycles. The minimum atomic E-state index is 0.0479. The molecule has 0 radical (unpaired) electrons. The van der Waals surface area contributed by atoms with E-state index in [1.54, 1.807) is 6.26 Å².